The Morgan fingerprint density at radius 2 is 2.27 bits per heavy atom. The Hall–Kier alpha value is -2.05. The molecule has 114 valence electrons. The van der Waals surface area contributed by atoms with E-state index in [9.17, 15) is 4.39 Å². The van der Waals surface area contributed by atoms with Gasteiger partial charge < -0.3 is 5.32 Å². The molecule has 4 nitrogen and oxygen atoms in total. The van der Waals surface area contributed by atoms with Gasteiger partial charge in [0.15, 0.2) is 0 Å². The number of nitrogens with one attached hydrogen (secondary N) is 1. The highest BCUT2D eigenvalue weighted by atomic mass is 32.1. The quantitative estimate of drug-likeness (QED) is 0.781. The molecule has 0 saturated heterocycles. The smallest absolute Gasteiger partial charge is 0.125 e. The number of benzene rings is 1. The fourth-order valence-electron chi connectivity index (χ4n) is 2.22. The van der Waals surface area contributed by atoms with Crippen molar-refractivity contribution in [1.29, 1.82) is 0 Å². The van der Waals surface area contributed by atoms with Crippen molar-refractivity contribution in [3.8, 4) is 5.69 Å². The Kier molecular flexibility index (Phi) is 4.31. The Bertz CT molecular complexity index is 751. The van der Waals surface area contributed by atoms with Crippen molar-refractivity contribution < 1.29 is 4.39 Å². The van der Waals surface area contributed by atoms with Crippen molar-refractivity contribution in [2.24, 2.45) is 0 Å². The lowest BCUT2D eigenvalue weighted by molar-refractivity contribution is 0.570. The lowest BCUT2D eigenvalue weighted by Crippen LogP contribution is -2.18. The molecule has 22 heavy (non-hydrogen) atoms. The molecule has 0 bridgehead atoms. The molecule has 0 aliphatic rings. The van der Waals surface area contributed by atoms with Crippen molar-refractivity contribution in [2.75, 3.05) is 0 Å². The van der Waals surface area contributed by atoms with Crippen LogP contribution in [0.5, 0.6) is 0 Å². The molecule has 2 heterocycles. The Morgan fingerprint density at radius 1 is 1.41 bits per heavy atom. The van der Waals surface area contributed by atoms with Crippen molar-refractivity contribution >= 4 is 11.3 Å². The van der Waals surface area contributed by atoms with Crippen LogP contribution < -0.4 is 5.32 Å². The molecule has 0 aliphatic carbocycles. The Balaban J connectivity index is 1.73. The lowest BCUT2D eigenvalue weighted by Gasteiger charge is -2.10. The zero-order valence-corrected chi connectivity index (χ0v) is 13.3. The highest BCUT2D eigenvalue weighted by Gasteiger charge is 2.11. The van der Waals surface area contributed by atoms with Gasteiger partial charge in [0.05, 0.1) is 17.4 Å². The van der Waals surface area contributed by atoms with Gasteiger partial charge in [0.1, 0.15) is 10.8 Å². The largest absolute Gasteiger partial charge is 0.304 e. The molecule has 0 fully saturated rings. The second-order valence-corrected chi connectivity index (χ2v) is 6.06. The zero-order valence-electron chi connectivity index (χ0n) is 12.5. The van der Waals surface area contributed by atoms with Gasteiger partial charge in [0.2, 0.25) is 0 Å². The molecular weight excluding hydrogens is 299 g/mol. The molecule has 3 aromatic rings. The fourth-order valence-corrected chi connectivity index (χ4v) is 2.89. The highest BCUT2D eigenvalue weighted by molar-refractivity contribution is 7.09. The van der Waals surface area contributed by atoms with Crippen molar-refractivity contribution in [2.45, 2.75) is 26.4 Å². The molecule has 2 aromatic heterocycles. The maximum Gasteiger partial charge on any atom is 0.125 e. The number of rotatable bonds is 5. The lowest BCUT2D eigenvalue weighted by atomic mass is 10.2. The molecule has 6 heteroatoms. The third-order valence-corrected chi connectivity index (χ3v) is 4.45. The van der Waals surface area contributed by atoms with Crippen LogP contribution in [-0.4, -0.2) is 14.8 Å². The second kappa shape index (κ2) is 6.37. The first-order valence-corrected chi connectivity index (χ1v) is 7.95. The first kappa shape index (κ1) is 14.9. The van der Waals surface area contributed by atoms with Crippen LogP contribution in [0.2, 0.25) is 0 Å². The third-order valence-electron chi connectivity index (χ3n) is 3.49. The predicted molar refractivity (Wildman–Crippen MR) is 85.6 cm³/mol. The van der Waals surface area contributed by atoms with E-state index >= 15 is 0 Å². The highest BCUT2D eigenvalue weighted by Crippen LogP contribution is 2.17. The number of aryl methyl sites for hydroxylation is 1. The van der Waals surface area contributed by atoms with Gasteiger partial charge >= 0.3 is 0 Å². The van der Waals surface area contributed by atoms with Crippen LogP contribution >= 0.6 is 11.3 Å². The molecule has 0 unspecified atom stereocenters. The first-order chi connectivity index (χ1) is 10.6. The van der Waals surface area contributed by atoms with E-state index in [0.29, 0.717) is 6.54 Å². The van der Waals surface area contributed by atoms with Gasteiger partial charge in [-0.05, 0) is 32.0 Å². The van der Waals surface area contributed by atoms with E-state index in [1.54, 1.807) is 22.1 Å². The van der Waals surface area contributed by atoms with E-state index in [4.69, 9.17) is 0 Å². The molecule has 0 aliphatic heterocycles. The standard InChI is InChI=1S/C16H17FN4S/c1-11-13(9-19-12(2)16-18-6-7-22-16)10-21(20-11)15-5-3-4-14(17)8-15/h3-8,10,12,19H,9H2,1-2H3/t12-/m0/s1. The second-order valence-electron chi connectivity index (χ2n) is 5.14. The van der Waals surface area contributed by atoms with Crippen molar-refractivity contribution in [3.63, 3.8) is 0 Å². The summed E-state index contributed by atoms with van der Waals surface area (Å²) in [5, 5.41) is 10.9. The molecule has 0 saturated carbocycles. The van der Waals surface area contributed by atoms with Gasteiger partial charge in [0, 0.05) is 29.9 Å². The van der Waals surface area contributed by atoms with Crippen LogP contribution in [-0.2, 0) is 6.54 Å². The normalized spacial score (nSPS) is 12.5. The number of hydrogen-bond acceptors (Lipinski definition) is 4. The summed E-state index contributed by atoms with van der Waals surface area (Å²) >= 11 is 1.64. The summed E-state index contributed by atoms with van der Waals surface area (Å²) in [5.74, 6) is -0.261. The van der Waals surface area contributed by atoms with E-state index in [1.165, 1.54) is 12.1 Å². The Morgan fingerprint density at radius 3 is 3.00 bits per heavy atom. The topological polar surface area (TPSA) is 42.7 Å². The average molecular weight is 316 g/mol. The van der Waals surface area contributed by atoms with E-state index in [-0.39, 0.29) is 11.9 Å². The summed E-state index contributed by atoms with van der Waals surface area (Å²) in [6.07, 6.45) is 3.75. The molecule has 1 N–H and O–H groups in total. The fraction of sp³-hybridized carbons (Fsp3) is 0.250. The molecule has 3 rings (SSSR count). The van der Waals surface area contributed by atoms with E-state index in [1.807, 2.05) is 30.8 Å². The summed E-state index contributed by atoms with van der Waals surface area (Å²) in [7, 11) is 0. The van der Waals surface area contributed by atoms with Crippen LogP contribution in [0.3, 0.4) is 0 Å². The van der Waals surface area contributed by atoms with Gasteiger partial charge in [-0.1, -0.05) is 6.07 Å². The van der Waals surface area contributed by atoms with Crippen LogP contribution in [0, 0.1) is 12.7 Å². The minimum Gasteiger partial charge on any atom is -0.304 e. The zero-order chi connectivity index (χ0) is 15.5. The summed E-state index contributed by atoms with van der Waals surface area (Å²) in [5.41, 5.74) is 2.75. The van der Waals surface area contributed by atoms with Gasteiger partial charge in [-0.15, -0.1) is 11.3 Å². The van der Waals surface area contributed by atoms with Crippen LogP contribution in [0.1, 0.15) is 29.2 Å². The van der Waals surface area contributed by atoms with Crippen LogP contribution in [0.15, 0.2) is 42.0 Å². The average Bonchev–Trinajstić information content (AvgIpc) is 3.14. The predicted octanol–water partition coefficient (Wildman–Crippen LogP) is 3.63. The van der Waals surface area contributed by atoms with E-state index < -0.39 is 0 Å². The van der Waals surface area contributed by atoms with Crippen LogP contribution in [0.25, 0.3) is 5.69 Å². The maximum absolute atomic E-state index is 13.3. The summed E-state index contributed by atoms with van der Waals surface area (Å²) in [6.45, 7) is 4.74. The Labute approximate surface area is 132 Å². The summed E-state index contributed by atoms with van der Waals surface area (Å²) in [4.78, 5) is 4.31. The van der Waals surface area contributed by atoms with Gasteiger partial charge in [0.25, 0.3) is 0 Å². The number of nitrogens with zero attached hydrogens (tertiary/aromatic N) is 3. The molecule has 1 atom stereocenters. The number of hydrogen-bond donors (Lipinski definition) is 1. The van der Waals surface area contributed by atoms with Gasteiger partial charge in [-0.3, -0.25) is 0 Å². The van der Waals surface area contributed by atoms with Gasteiger partial charge in [-0.25, -0.2) is 14.1 Å². The van der Waals surface area contributed by atoms with Crippen molar-refractivity contribution in [1.82, 2.24) is 20.1 Å². The minimum absolute atomic E-state index is 0.192. The third kappa shape index (κ3) is 3.23. The number of thiazole rings is 1. The summed E-state index contributed by atoms with van der Waals surface area (Å²) in [6, 6.07) is 6.62. The van der Waals surface area contributed by atoms with E-state index in [0.717, 1.165) is 22.0 Å². The summed E-state index contributed by atoms with van der Waals surface area (Å²) < 4.78 is 15.0. The number of aromatic nitrogens is 3. The molecule has 0 radical (unpaired) electrons. The first-order valence-electron chi connectivity index (χ1n) is 7.07. The minimum atomic E-state index is -0.261. The SMILES string of the molecule is Cc1nn(-c2cccc(F)c2)cc1CN[C@@H](C)c1nccs1. The monoisotopic (exact) mass is 316 g/mol. The van der Waals surface area contributed by atoms with Gasteiger partial charge in [-0.2, -0.15) is 5.10 Å². The van der Waals surface area contributed by atoms with Crippen LogP contribution in [0.4, 0.5) is 4.39 Å². The maximum atomic E-state index is 13.3. The van der Waals surface area contributed by atoms with Crippen molar-refractivity contribution in [3.05, 3.63) is 64.1 Å². The molecule has 0 amide bonds. The molecular formula is C16H17FN4S. The molecule has 0 spiro atoms. The van der Waals surface area contributed by atoms with E-state index in [2.05, 4.69) is 22.3 Å². The molecule has 1 aromatic carbocycles. The number of halogens is 1.